The lowest BCUT2D eigenvalue weighted by Crippen LogP contribution is -2.30. The van der Waals surface area contributed by atoms with E-state index >= 15 is 0 Å². The summed E-state index contributed by atoms with van der Waals surface area (Å²) in [6.07, 6.45) is 1.41. The molecule has 7 heteroatoms. The molecule has 1 saturated heterocycles. The fraction of sp³-hybridized carbons (Fsp3) is 0.316. The summed E-state index contributed by atoms with van der Waals surface area (Å²) in [7, 11) is 0. The Morgan fingerprint density at radius 3 is 2.65 bits per heavy atom. The maximum absolute atomic E-state index is 12.1. The van der Waals surface area contributed by atoms with E-state index in [0.717, 1.165) is 17.0 Å². The Labute approximate surface area is 155 Å². The number of nitrogens with zero attached hydrogens (tertiary/aromatic N) is 1. The minimum absolute atomic E-state index is 0.0943. The van der Waals surface area contributed by atoms with Crippen LogP contribution in [0.2, 0.25) is 0 Å². The van der Waals surface area contributed by atoms with Crippen LogP contribution in [0.25, 0.3) is 0 Å². The van der Waals surface area contributed by atoms with Crippen molar-refractivity contribution in [3.05, 3.63) is 52.2 Å². The van der Waals surface area contributed by atoms with Gasteiger partial charge in [-0.05, 0) is 49.1 Å². The summed E-state index contributed by atoms with van der Waals surface area (Å²) < 4.78 is 5.07. The molecule has 1 aliphatic heterocycles. The molecule has 1 fully saturated rings. The van der Waals surface area contributed by atoms with Crippen LogP contribution in [0.4, 0.5) is 5.69 Å². The van der Waals surface area contributed by atoms with Crippen molar-refractivity contribution in [1.82, 2.24) is 5.32 Å². The number of hydrogen-bond acceptors (Lipinski definition) is 5. The number of carbonyl (C=O) groups is 3. The zero-order chi connectivity index (χ0) is 18.5. The predicted octanol–water partition coefficient (Wildman–Crippen LogP) is 2.91. The number of nitrogens with one attached hydrogen (secondary N) is 1. The summed E-state index contributed by atoms with van der Waals surface area (Å²) >= 11 is 1.56. The molecule has 0 unspecified atom stereocenters. The first-order valence-electron chi connectivity index (χ1n) is 8.45. The molecule has 2 amide bonds. The van der Waals surface area contributed by atoms with E-state index in [9.17, 15) is 14.4 Å². The fourth-order valence-corrected chi connectivity index (χ4v) is 3.54. The monoisotopic (exact) mass is 372 g/mol. The number of amides is 2. The third kappa shape index (κ3) is 4.29. The van der Waals surface area contributed by atoms with Gasteiger partial charge in [0, 0.05) is 23.5 Å². The van der Waals surface area contributed by atoms with E-state index in [4.69, 9.17) is 4.74 Å². The third-order valence-electron chi connectivity index (χ3n) is 4.17. The van der Waals surface area contributed by atoms with Crippen molar-refractivity contribution in [1.29, 1.82) is 0 Å². The normalized spacial score (nSPS) is 15.0. The van der Waals surface area contributed by atoms with Crippen molar-refractivity contribution in [2.45, 2.75) is 25.8 Å². The molecule has 0 aliphatic carbocycles. The zero-order valence-corrected chi connectivity index (χ0v) is 15.3. The predicted molar refractivity (Wildman–Crippen MR) is 99.2 cm³/mol. The number of rotatable bonds is 6. The van der Waals surface area contributed by atoms with Crippen molar-refractivity contribution >= 4 is 34.8 Å². The molecule has 136 valence electrons. The first-order valence-corrected chi connectivity index (χ1v) is 9.33. The van der Waals surface area contributed by atoms with Crippen LogP contribution in [0.1, 0.15) is 41.0 Å². The molecule has 3 rings (SSSR count). The molecule has 1 aromatic heterocycles. The van der Waals surface area contributed by atoms with E-state index < -0.39 is 5.97 Å². The summed E-state index contributed by atoms with van der Waals surface area (Å²) in [5.74, 6) is -0.821. The summed E-state index contributed by atoms with van der Waals surface area (Å²) in [6, 6.07) is 10.4. The van der Waals surface area contributed by atoms with Gasteiger partial charge in [0.15, 0.2) is 6.61 Å². The van der Waals surface area contributed by atoms with Gasteiger partial charge in [-0.15, -0.1) is 11.3 Å². The highest BCUT2D eigenvalue weighted by molar-refractivity contribution is 7.10. The second kappa shape index (κ2) is 8.14. The molecule has 0 radical (unpaired) electrons. The van der Waals surface area contributed by atoms with Crippen LogP contribution in [0.15, 0.2) is 41.8 Å². The number of thiophene rings is 1. The molecule has 0 saturated carbocycles. The number of esters is 1. The highest BCUT2D eigenvalue weighted by Crippen LogP contribution is 2.22. The van der Waals surface area contributed by atoms with Crippen molar-refractivity contribution in [2.24, 2.45) is 0 Å². The Bertz CT molecular complexity index is 786. The van der Waals surface area contributed by atoms with Crippen LogP contribution >= 0.6 is 11.3 Å². The van der Waals surface area contributed by atoms with Gasteiger partial charge >= 0.3 is 5.97 Å². The fourth-order valence-electron chi connectivity index (χ4n) is 2.80. The average molecular weight is 372 g/mol. The Morgan fingerprint density at radius 1 is 1.27 bits per heavy atom. The first kappa shape index (κ1) is 18.1. The molecule has 6 nitrogen and oxygen atoms in total. The number of carbonyl (C=O) groups excluding carboxylic acids is 3. The van der Waals surface area contributed by atoms with Gasteiger partial charge in [-0.3, -0.25) is 9.59 Å². The van der Waals surface area contributed by atoms with E-state index in [-0.39, 0.29) is 24.5 Å². The highest BCUT2D eigenvalue weighted by atomic mass is 32.1. The van der Waals surface area contributed by atoms with Crippen LogP contribution in [-0.2, 0) is 14.3 Å². The first-order chi connectivity index (χ1) is 12.5. The van der Waals surface area contributed by atoms with Crippen molar-refractivity contribution < 1.29 is 19.1 Å². The van der Waals surface area contributed by atoms with Crippen molar-refractivity contribution in [2.75, 3.05) is 18.1 Å². The molecule has 2 heterocycles. The molecule has 1 N–H and O–H groups in total. The van der Waals surface area contributed by atoms with Crippen LogP contribution in [0, 0.1) is 0 Å². The molecule has 1 aromatic carbocycles. The summed E-state index contributed by atoms with van der Waals surface area (Å²) in [4.78, 5) is 38.5. The zero-order valence-electron chi connectivity index (χ0n) is 14.4. The largest absolute Gasteiger partial charge is 0.452 e. The van der Waals surface area contributed by atoms with Gasteiger partial charge in [-0.25, -0.2) is 4.79 Å². The highest BCUT2D eigenvalue weighted by Gasteiger charge is 2.22. The smallest absolute Gasteiger partial charge is 0.338 e. The quantitative estimate of drug-likeness (QED) is 0.791. The van der Waals surface area contributed by atoms with E-state index in [1.54, 1.807) is 40.5 Å². The van der Waals surface area contributed by atoms with Gasteiger partial charge in [-0.1, -0.05) is 6.07 Å². The molecule has 2 aromatic rings. The Balaban J connectivity index is 1.50. The maximum Gasteiger partial charge on any atom is 0.338 e. The lowest BCUT2D eigenvalue weighted by molar-refractivity contribution is -0.124. The van der Waals surface area contributed by atoms with Crippen LogP contribution in [0.3, 0.4) is 0 Å². The van der Waals surface area contributed by atoms with E-state index in [0.29, 0.717) is 18.5 Å². The summed E-state index contributed by atoms with van der Waals surface area (Å²) in [5.41, 5.74) is 1.12. The topological polar surface area (TPSA) is 75.7 Å². The minimum Gasteiger partial charge on any atom is -0.452 e. The van der Waals surface area contributed by atoms with Crippen molar-refractivity contribution in [3.8, 4) is 0 Å². The van der Waals surface area contributed by atoms with E-state index in [1.165, 1.54) is 0 Å². The second-order valence-corrected chi connectivity index (χ2v) is 7.06. The molecule has 0 spiro atoms. The van der Waals surface area contributed by atoms with Gasteiger partial charge in [0.1, 0.15) is 0 Å². The standard InChI is InChI=1S/C19H20N2O4S/c1-13(16-4-3-11-26-16)20-17(22)12-25-19(24)14-6-8-15(9-7-14)21-10-2-5-18(21)23/h3-4,6-9,11,13H,2,5,10,12H2,1H3,(H,20,22)/t13-/m0/s1. The SMILES string of the molecule is C[C@H](NC(=O)COC(=O)c1ccc(N2CCCC2=O)cc1)c1cccs1. The van der Waals surface area contributed by atoms with Crippen molar-refractivity contribution in [3.63, 3.8) is 0 Å². The van der Waals surface area contributed by atoms with E-state index in [1.807, 2.05) is 24.4 Å². The summed E-state index contributed by atoms with van der Waals surface area (Å²) in [5, 5.41) is 4.73. The maximum atomic E-state index is 12.1. The molecular formula is C19H20N2O4S. The van der Waals surface area contributed by atoms with Gasteiger partial charge in [0.25, 0.3) is 5.91 Å². The molecule has 1 aliphatic rings. The third-order valence-corrected chi connectivity index (χ3v) is 5.22. The molecule has 1 atom stereocenters. The number of anilines is 1. The number of ether oxygens (including phenoxy) is 1. The molecule has 26 heavy (non-hydrogen) atoms. The van der Waals surface area contributed by atoms with Crippen LogP contribution in [0.5, 0.6) is 0 Å². The van der Waals surface area contributed by atoms with Crippen LogP contribution in [-0.4, -0.2) is 30.9 Å². The van der Waals surface area contributed by atoms with Crippen LogP contribution < -0.4 is 10.2 Å². The lowest BCUT2D eigenvalue weighted by Gasteiger charge is -2.16. The van der Waals surface area contributed by atoms with Gasteiger partial charge in [0.2, 0.25) is 5.91 Å². The van der Waals surface area contributed by atoms with E-state index in [2.05, 4.69) is 5.32 Å². The Kier molecular flexibility index (Phi) is 5.68. The van der Waals surface area contributed by atoms with Gasteiger partial charge in [-0.2, -0.15) is 0 Å². The Hall–Kier alpha value is -2.67. The van der Waals surface area contributed by atoms with Gasteiger partial charge in [0.05, 0.1) is 11.6 Å². The molecule has 0 bridgehead atoms. The number of hydrogen-bond donors (Lipinski definition) is 1. The lowest BCUT2D eigenvalue weighted by atomic mass is 10.2. The molecular weight excluding hydrogens is 352 g/mol. The van der Waals surface area contributed by atoms with Gasteiger partial charge < -0.3 is 15.0 Å². The summed E-state index contributed by atoms with van der Waals surface area (Å²) in [6.45, 7) is 2.25. The number of benzene rings is 1. The average Bonchev–Trinajstić information content (AvgIpc) is 3.31. The second-order valence-electron chi connectivity index (χ2n) is 6.08. The minimum atomic E-state index is -0.566. The Morgan fingerprint density at radius 2 is 2.04 bits per heavy atom.